The summed E-state index contributed by atoms with van der Waals surface area (Å²) >= 11 is 0. The molecule has 1 heterocycles. The van der Waals surface area contributed by atoms with Gasteiger partial charge >= 0.3 is 0 Å². The normalized spacial score (nSPS) is 18.4. The van der Waals surface area contributed by atoms with Crippen LogP contribution in [0.2, 0.25) is 0 Å². The van der Waals surface area contributed by atoms with Gasteiger partial charge in [-0.2, -0.15) is 0 Å². The number of imidazole rings is 1. The minimum atomic E-state index is 0.0792. The fourth-order valence-corrected chi connectivity index (χ4v) is 2.84. The summed E-state index contributed by atoms with van der Waals surface area (Å²) in [7, 11) is 0. The lowest BCUT2D eigenvalue weighted by Crippen LogP contribution is -2.19. The Labute approximate surface area is 106 Å². The largest absolute Gasteiger partial charge is 0.321 e. The summed E-state index contributed by atoms with van der Waals surface area (Å²) < 4.78 is 2.03. The Morgan fingerprint density at radius 3 is 3.06 bits per heavy atom. The maximum absolute atomic E-state index is 11.6. The smallest absolute Gasteiger partial charge is 0.177 e. The fraction of sp³-hybridized carbons (Fsp3) is 0.333. The van der Waals surface area contributed by atoms with Crippen LogP contribution in [0.3, 0.4) is 0 Å². The van der Waals surface area contributed by atoms with E-state index in [1.54, 1.807) is 19.4 Å². The Morgan fingerprint density at radius 1 is 1.39 bits per heavy atom. The molecule has 1 aliphatic rings. The Kier molecular flexibility index (Phi) is 2.74. The van der Waals surface area contributed by atoms with Crippen LogP contribution >= 0.6 is 0 Å². The molecule has 0 saturated carbocycles. The van der Waals surface area contributed by atoms with Crippen molar-refractivity contribution < 1.29 is 4.79 Å². The second kappa shape index (κ2) is 4.41. The lowest BCUT2D eigenvalue weighted by atomic mass is 9.87. The monoisotopic (exact) mass is 240 g/mol. The van der Waals surface area contributed by atoms with Crippen molar-refractivity contribution in [2.75, 3.05) is 0 Å². The average molecular weight is 240 g/mol. The van der Waals surface area contributed by atoms with E-state index in [-0.39, 0.29) is 11.8 Å². The van der Waals surface area contributed by atoms with E-state index in [1.807, 2.05) is 4.57 Å². The molecule has 1 aromatic heterocycles. The van der Waals surface area contributed by atoms with Crippen molar-refractivity contribution in [3.05, 3.63) is 53.6 Å². The van der Waals surface area contributed by atoms with Crippen molar-refractivity contribution >= 4 is 5.78 Å². The van der Waals surface area contributed by atoms with Crippen molar-refractivity contribution in [1.82, 2.24) is 9.55 Å². The number of hydrogen-bond donors (Lipinski definition) is 0. The summed E-state index contributed by atoms with van der Waals surface area (Å²) in [6, 6.07) is 8.77. The van der Waals surface area contributed by atoms with E-state index in [2.05, 4.69) is 29.2 Å². The molecular formula is C15H16N2O. The van der Waals surface area contributed by atoms with Crippen molar-refractivity contribution in [2.24, 2.45) is 0 Å². The van der Waals surface area contributed by atoms with E-state index in [4.69, 9.17) is 0 Å². The quantitative estimate of drug-likeness (QED) is 0.756. The van der Waals surface area contributed by atoms with Gasteiger partial charge in [-0.3, -0.25) is 4.79 Å². The van der Waals surface area contributed by atoms with Crippen molar-refractivity contribution in [3.63, 3.8) is 0 Å². The summed E-state index contributed by atoms with van der Waals surface area (Å²) in [5, 5.41) is 0. The SMILES string of the molecule is CC(=O)c1cncn1C1CCCc2ccccc21. The number of carbonyl (C=O) groups is 1. The third-order valence-corrected chi connectivity index (χ3v) is 3.70. The molecule has 2 aromatic rings. The van der Waals surface area contributed by atoms with Gasteiger partial charge in [0.25, 0.3) is 0 Å². The zero-order chi connectivity index (χ0) is 12.5. The van der Waals surface area contributed by atoms with Gasteiger partial charge in [0.2, 0.25) is 0 Å². The molecule has 3 rings (SSSR count). The number of rotatable bonds is 2. The summed E-state index contributed by atoms with van der Waals surface area (Å²) in [6.45, 7) is 1.60. The first-order valence-electron chi connectivity index (χ1n) is 6.38. The van der Waals surface area contributed by atoms with Gasteiger partial charge in [-0.05, 0) is 30.4 Å². The summed E-state index contributed by atoms with van der Waals surface area (Å²) in [6.07, 6.45) is 6.82. The van der Waals surface area contributed by atoms with Crippen LogP contribution in [0.5, 0.6) is 0 Å². The molecule has 0 radical (unpaired) electrons. The number of ketones is 1. The number of hydrogen-bond acceptors (Lipinski definition) is 2. The molecule has 1 aliphatic carbocycles. The number of carbonyl (C=O) groups excluding carboxylic acids is 1. The molecule has 1 aromatic carbocycles. The van der Waals surface area contributed by atoms with Crippen LogP contribution in [0.25, 0.3) is 0 Å². The summed E-state index contributed by atoms with van der Waals surface area (Å²) in [5.74, 6) is 0.0792. The topological polar surface area (TPSA) is 34.9 Å². The molecule has 3 heteroatoms. The molecule has 1 atom stereocenters. The molecule has 0 saturated heterocycles. The van der Waals surface area contributed by atoms with Gasteiger partial charge in [0.15, 0.2) is 5.78 Å². The molecule has 0 N–H and O–H groups in total. The Hall–Kier alpha value is -1.90. The van der Waals surface area contributed by atoms with E-state index in [0.29, 0.717) is 5.69 Å². The third-order valence-electron chi connectivity index (χ3n) is 3.70. The van der Waals surface area contributed by atoms with Crippen molar-refractivity contribution in [3.8, 4) is 0 Å². The molecule has 0 spiro atoms. The van der Waals surface area contributed by atoms with Crippen LogP contribution in [0.4, 0.5) is 0 Å². The molecule has 0 fully saturated rings. The highest BCUT2D eigenvalue weighted by Gasteiger charge is 2.23. The minimum Gasteiger partial charge on any atom is -0.321 e. The number of fused-ring (bicyclic) bond motifs is 1. The van der Waals surface area contributed by atoms with Gasteiger partial charge in [0, 0.05) is 6.92 Å². The van der Waals surface area contributed by atoms with Crippen molar-refractivity contribution in [2.45, 2.75) is 32.2 Å². The van der Waals surface area contributed by atoms with Gasteiger partial charge in [-0.15, -0.1) is 0 Å². The maximum atomic E-state index is 11.6. The lowest BCUT2D eigenvalue weighted by molar-refractivity contribution is 0.100. The van der Waals surface area contributed by atoms with Gasteiger partial charge < -0.3 is 4.57 Å². The molecule has 3 nitrogen and oxygen atoms in total. The number of aryl methyl sites for hydroxylation is 1. The van der Waals surface area contributed by atoms with E-state index in [1.165, 1.54) is 11.1 Å². The van der Waals surface area contributed by atoms with E-state index < -0.39 is 0 Å². The second-order valence-corrected chi connectivity index (χ2v) is 4.85. The first kappa shape index (κ1) is 11.2. The highest BCUT2D eigenvalue weighted by molar-refractivity contribution is 5.92. The molecular weight excluding hydrogens is 224 g/mol. The van der Waals surface area contributed by atoms with Crippen molar-refractivity contribution in [1.29, 1.82) is 0 Å². The van der Waals surface area contributed by atoms with Gasteiger partial charge in [-0.25, -0.2) is 4.98 Å². The fourth-order valence-electron chi connectivity index (χ4n) is 2.84. The van der Waals surface area contributed by atoms with Crippen LogP contribution in [-0.4, -0.2) is 15.3 Å². The number of Topliss-reactive ketones (excluding diaryl/α,β-unsaturated/α-hetero) is 1. The van der Waals surface area contributed by atoms with Gasteiger partial charge in [0.1, 0.15) is 5.69 Å². The predicted octanol–water partition coefficient (Wildman–Crippen LogP) is 3.01. The zero-order valence-electron chi connectivity index (χ0n) is 10.5. The third kappa shape index (κ3) is 1.76. The molecule has 1 unspecified atom stereocenters. The molecule has 92 valence electrons. The Bertz CT molecular complexity index is 586. The minimum absolute atomic E-state index is 0.0792. The van der Waals surface area contributed by atoms with Crippen LogP contribution in [0.1, 0.15) is 47.4 Å². The second-order valence-electron chi connectivity index (χ2n) is 4.85. The molecule has 0 amide bonds. The van der Waals surface area contributed by atoms with Crippen LogP contribution in [-0.2, 0) is 6.42 Å². The van der Waals surface area contributed by atoms with Crippen LogP contribution in [0.15, 0.2) is 36.8 Å². The standard InChI is InChI=1S/C15H16N2O/c1-11(18)15-9-16-10-17(15)14-8-4-6-12-5-2-3-7-13(12)14/h2-3,5,7,9-10,14H,4,6,8H2,1H3. The summed E-state index contributed by atoms with van der Waals surface area (Å²) in [4.78, 5) is 15.8. The van der Waals surface area contributed by atoms with E-state index >= 15 is 0 Å². The van der Waals surface area contributed by atoms with Gasteiger partial charge in [0.05, 0.1) is 18.6 Å². The average Bonchev–Trinajstić information content (AvgIpc) is 2.87. The highest BCUT2D eigenvalue weighted by atomic mass is 16.1. The number of benzene rings is 1. The van der Waals surface area contributed by atoms with Crippen LogP contribution < -0.4 is 0 Å². The first-order valence-corrected chi connectivity index (χ1v) is 6.38. The first-order chi connectivity index (χ1) is 8.77. The Balaban J connectivity index is 2.08. The summed E-state index contributed by atoms with van der Waals surface area (Å²) in [5.41, 5.74) is 3.44. The highest BCUT2D eigenvalue weighted by Crippen LogP contribution is 2.33. The van der Waals surface area contributed by atoms with Crippen LogP contribution in [0, 0.1) is 0 Å². The van der Waals surface area contributed by atoms with Gasteiger partial charge in [-0.1, -0.05) is 24.3 Å². The lowest BCUT2D eigenvalue weighted by Gasteiger charge is -2.27. The molecule has 0 bridgehead atoms. The molecule has 18 heavy (non-hydrogen) atoms. The Morgan fingerprint density at radius 2 is 2.22 bits per heavy atom. The number of nitrogens with zero attached hydrogens (tertiary/aromatic N) is 2. The zero-order valence-corrected chi connectivity index (χ0v) is 10.5. The van der Waals surface area contributed by atoms with E-state index in [0.717, 1.165) is 19.3 Å². The number of aromatic nitrogens is 2. The van der Waals surface area contributed by atoms with E-state index in [9.17, 15) is 4.79 Å². The molecule has 0 aliphatic heterocycles. The maximum Gasteiger partial charge on any atom is 0.177 e. The predicted molar refractivity (Wildman–Crippen MR) is 69.8 cm³/mol.